The molecule has 0 fully saturated rings. The molecule has 0 radical (unpaired) electrons. The molecule has 0 saturated carbocycles. The van der Waals surface area contributed by atoms with Crippen LogP contribution < -0.4 is 0 Å². The highest BCUT2D eigenvalue weighted by Gasteiger charge is 2.03. The number of allylic oxidation sites excluding steroid dienone is 2. The van der Waals surface area contributed by atoms with Crippen molar-refractivity contribution in [2.45, 2.75) is 46.5 Å². The van der Waals surface area contributed by atoms with Crippen molar-refractivity contribution in [2.75, 3.05) is 0 Å². The molecule has 0 heterocycles. The highest BCUT2D eigenvalue weighted by molar-refractivity contribution is 5.98. The summed E-state index contributed by atoms with van der Waals surface area (Å²) in [7, 11) is 0. The maximum atomic E-state index is 11.5. The molecule has 0 spiro atoms. The summed E-state index contributed by atoms with van der Waals surface area (Å²) in [4.78, 5) is 15.8. The monoisotopic (exact) mass is 207 g/mol. The number of nitrogens with zero attached hydrogens (tertiary/aromatic N) is 1. The fraction of sp³-hybridized carbons (Fsp3) is 0.538. The van der Waals surface area contributed by atoms with Crippen molar-refractivity contribution in [3.63, 3.8) is 0 Å². The number of aliphatic imine (C=N–C) groups is 1. The zero-order valence-electron chi connectivity index (χ0n) is 10.0. The van der Waals surface area contributed by atoms with Crippen LogP contribution in [0.1, 0.15) is 46.5 Å². The molecule has 0 rings (SSSR count). The molecule has 0 aliphatic carbocycles. The first-order valence-corrected chi connectivity index (χ1v) is 5.54. The van der Waals surface area contributed by atoms with Gasteiger partial charge in [0.25, 0.3) is 0 Å². The Morgan fingerprint density at radius 1 is 1.27 bits per heavy atom. The SMILES string of the molecule is C=C/C(=C\N=C(C)CCC)C(=O)CCC. The number of carbonyl (C=O) groups excluding carboxylic acids is 1. The van der Waals surface area contributed by atoms with Gasteiger partial charge in [0, 0.05) is 23.9 Å². The van der Waals surface area contributed by atoms with E-state index in [1.54, 1.807) is 12.3 Å². The van der Waals surface area contributed by atoms with Gasteiger partial charge in [0.2, 0.25) is 0 Å². The van der Waals surface area contributed by atoms with E-state index in [1.807, 2.05) is 13.8 Å². The predicted molar refractivity (Wildman–Crippen MR) is 66.2 cm³/mol. The van der Waals surface area contributed by atoms with Crippen molar-refractivity contribution < 1.29 is 4.79 Å². The molecule has 0 unspecified atom stereocenters. The van der Waals surface area contributed by atoms with Crippen LogP contribution in [0, 0.1) is 0 Å². The van der Waals surface area contributed by atoms with E-state index in [1.165, 1.54) is 0 Å². The van der Waals surface area contributed by atoms with Crippen molar-refractivity contribution in [1.82, 2.24) is 0 Å². The maximum absolute atomic E-state index is 11.5. The molecule has 84 valence electrons. The number of hydrogen-bond donors (Lipinski definition) is 0. The molecule has 0 saturated heterocycles. The number of rotatable bonds is 7. The minimum Gasteiger partial charge on any atom is -0.294 e. The summed E-state index contributed by atoms with van der Waals surface area (Å²) in [5.74, 6) is 0.126. The van der Waals surface area contributed by atoms with E-state index in [0.29, 0.717) is 12.0 Å². The summed E-state index contributed by atoms with van der Waals surface area (Å²) in [6, 6.07) is 0. The third kappa shape index (κ3) is 6.00. The van der Waals surface area contributed by atoms with Gasteiger partial charge in [0.05, 0.1) is 0 Å². The highest BCUT2D eigenvalue weighted by atomic mass is 16.1. The second-order valence-corrected chi connectivity index (χ2v) is 3.58. The molecule has 0 aromatic carbocycles. The Morgan fingerprint density at radius 3 is 2.33 bits per heavy atom. The lowest BCUT2D eigenvalue weighted by atomic mass is 10.1. The normalized spacial score (nSPS) is 12.7. The van der Waals surface area contributed by atoms with E-state index in [-0.39, 0.29) is 5.78 Å². The quantitative estimate of drug-likeness (QED) is 0.355. The van der Waals surface area contributed by atoms with Gasteiger partial charge in [-0.2, -0.15) is 0 Å². The van der Waals surface area contributed by atoms with Crippen LogP contribution in [0.4, 0.5) is 0 Å². The van der Waals surface area contributed by atoms with Gasteiger partial charge in [-0.1, -0.05) is 32.9 Å². The van der Waals surface area contributed by atoms with Crippen molar-refractivity contribution in [3.8, 4) is 0 Å². The van der Waals surface area contributed by atoms with Gasteiger partial charge < -0.3 is 0 Å². The first-order valence-electron chi connectivity index (χ1n) is 5.54. The number of carbonyl (C=O) groups is 1. The Labute approximate surface area is 92.8 Å². The summed E-state index contributed by atoms with van der Waals surface area (Å²) in [5.41, 5.74) is 1.67. The molecule has 0 aliphatic heterocycles. The van der Waals surface area contributed by atoms with Gasteiger partial charge >= 0.3 is 0 Å². The molecule has 0 atom stereocenters. The third-order valence-corrected chi connectivity index (χ3v) is 2.05. The van der Waals surface area contributed by atoms with Gasteiger partial charge in [-0.3, -0.25) is 9.79 Å². The molecular weight excluding hydrogens is 186 g/mol. The first-order chi connectivity index (χ1) is 7.15. The maximum Gasteiger partial charge on any atom is 0.164 e. The summed E-state index contributed by atoms with van der Waals surface area (Å²) in [5, 5.41) is 0. The summed E-state index contributed by atoms with van der Waals surface area (Å²) in [6.07, 6.45) is 6.71. The fourth-order valence-corrected chi connectivity index (χ4v) is 1.22. The van der Waals surface area contributed by atoms with Crippen molar-refractivity contribution in [3.05, 3.63) is 24.4 Å². The average Bonchev–Trinajstić information content (AvgIpc) is 2.19. The number of Topliss-reactive ketones (excluding diaryl/α,β-unsaturated/α-hetero) is 1. The minimum absolute atomic E-state index is 0.126. The Balaban J connectivity index is 4.52. The Kier molecular flexibility index (Phi) is 7.51. The lowest BCUT2D eigenvalue weighted by molar-refractivity contribution is -0.115. The standard InChI is InChI=1S/C13H21NO/c1-5-8-11(4)14-10-12(7-3)13(15)9-6-2/h7,10H,3,5-6,8-9H2,1-2,4H3/b12-10+,14-11?. The van der Waals surface area contributed by atoms with Gasteiger partial charge in [0.15, 0.2) is 5.78 Å². The van der Waals surface area contributed by atoms with E-state index in [4.69, 9.17) is 0 Å². The molecule has 2 nitrogen and oxygen atoms in total. The van der Waals surface area contributed by atoms with Crippen LogP contribution >= 0.6 is 0 Å². The zero-order valence-corrected chi connectivity index (χ0v) is 10.0. The predicted octanol–water partition coefficient (Wildman–Crippen LogP) is 3.69. The second-order valence-electron chi connectivity index (χ2n) is 3.58. The topological polar surface area (TPSA) is 29.4 Å². The van der Waals surface area contributed by atoms with E-state index in [2.05, 4.69) is 18.5 Å². The van der Waals surface area contributed by atoms with Crippen LogP contribution in [0.25, 0.3) is 0 Å². The van der Waals surface area contributed by atoms with Gasteiger partial charge in [-0.25, -0.2) is 0 Å². The van der Waals surface area contributed by atoms with Crippen molar-refractivity contribution in [1.29, 1.82) is 0 Å². The Hall–Kier alpha value is -1.18. The van der Waals surface area contributed by atoms with E-state index in [9.17, 15) is 4.79 Å². The van der Waals surface area contributed by atoms with Crippen LogP contribution in [0.5, 0.6) is 0 Å². The van der Waals surface area contributed by atoms with Crippen LogP contribution in [0.15, 0.2) is 29.4 Å². The highest BCUT2D eigenvalue weighted by Crippen LogP contribution is 2.05. The van der Waals surface area contributed by atoms with E-state index in [0.717, 1.165) is 25.0 Å². The van der Waals surface area contributed by atoms with E-state index >= 15 is 0 Å². The Morgan fingerprint density at radius 2 is 1.87 bits per heavy atom. The van der Waals surface area contributed by atoms with Gasteiger partial charge in [-0.05, 0) is 19.8 Å². The van der Waals surface area contributed by atoms with E-state index < -0.39 is 0 Å². The number of hydrogen-bond acceptors (Lipinski definition) is 2. The first kappa shape index (κ1) is 13.8. The molecular formula is C13H21NO. The van der Waals surface area contributed by atoms with Crippen LogP contribution in [0.2, 0.25) is 0 Å². The van der Waals surface area contributed by atoms with Crippen molar-refractivity contribution in [2.24, 2.45) is 4.99 Å². The second kappa shape index (κ2) is 8.16. The molecule has 0 aliphatic rings. The molecule has 0 aromatic heterocycles. The van der Waals surface area contributed by atoms with Crippen LogP contribution in [-0.2, 0) is 4.79 Å². The fourth-order valence-electron chi connectivity index (χ4n) is 1.22. The molecule has 2 heteroatoms. The summed E-state index contributed by atoms with van der Waals surface area (Å²) in [6.45, 7) is 9.71. The van der Waals surface area contributed by atoms with Gasteiger partial charge in [-0.15, -0.1) is 0 Å². The molecule has 0 N–H and O–H groups in total. The lowest BCUT2D eigenvalue weighted by Gasteiger charge is -1.98. The smallest absolute Gasteiger partial charge is 0.164 e. The Bertz CT molecular complexity index is 274. The molecule has 15 heavy (non-hydrogen) atoms. The molecule has 0 bridgehead atoms. The van der Waals surface area contributed by atoms with Gasteiger partial charge in [0.1, 0.15) is 0 Å². The average molecular weight is 207 g/mol. The lowest BCUT2D eigenvalue weighted by Crippen LogP contribution is -1.99. The molecule has 0 amide bonds. The molecule has 0 aromatic rings. The third-order valence-electron chi connectivity index (χ3n) is 2.05. The number of ketones is 1. The summed E-state index contributed by atoms with van der Waals surface area (Å²) >= 11 is 0. The zero-order chi connectivity index (χ0) is 11.7. The minimum atomic E-state index is 0.126. The summed E-state index contributed by atoms with van der Waals surface area (Å²) < 4.78 is 0. The van der Waals surface area contributed by atoms with Crippen molar-refractivity contribution >= 4 is 11.5 Å². The van der Waals surface area contributed by atoms with Crippen LogP contribution in [0.3, 0.4) is 0 Å². The largest absolute Gasteiger partial charge is 0.294 e. The van der Waals surface area contributed by atoms with Crippen LogP contribution in [-0.4, -0.2) is 11.5 Å².